The van der Waals surface area contributed by atoms with Crippen molar-refractivity contribution in [1.29, 1.82) is 0 Å². The van der Waals surface area contributed by atoms with Crippen LogP contribution in [0.3, 0.4) is 0 Å². The van der Waals surface area contributed by atoms with Gasteiger partial charge in [-0.3, -0.25) is 4.79 Å². The van der Waals surface area contributed by atoms with Gasteiger partial charge in [-0.1, -0.05) is 222 Å². The molecule has 0 saturated carbocycles. The van der Waals surface area contributed by atoms with Crippen LogP contribution in [0, 0.1) is 0 Å². The average molecular weight is 902 g/mol. The maximum atomic E-state index is 12.9. The minimum atomic E-state index is -1.55. The van der Waals surface area contributed by atoms with Crippen LogP contribution in [0.25, 0.3) is 0 Å². The highest BCUT2D eigenvalue weighted by atomic mass is 16.7. The fraction of sp³-hybridized carbons (Fsp3) is 0.800. The molecule has 7 unspecified atom stereocenters. The Morgan fingerprint density at radius 3 is 1.42 bits per heavy atom. The van der Waals surface area contributed by atoms with Gasteiger partial charge in [0.15, 0.2) is 6.29 Å². The minimum absolute atomic E-state index is 0.140. The van der Waals surface area contributed by atoms with Gasteiger partial charge in [0.2, 0.25) is 5.91 Å². The number of amides is 1. The van der Waals surface area contributed by atoms with Gasteiger partial charge in [0.1, 0.15) is 24.4 Å². The lowest BCUT2D eigenvalue weighted by Gasteiger charge is -2.40. The Morgan fingerprint density at radius 1 is 0.547 bits per heavy atom. The number of aliphatic hydroxyl groups excluding tert-OH is 5. The summed E-state index contributed by atoms with van der Waals surface area (Å²) in [6.07, 6.45) is 53.5. The number of hydrogen-bond acceptors (Lipinski definition) is 8. The molecule has 7 atom stereocenters. The van der Waals surface area contributed by atoms with E-state index in [0.29, 0.717) is 12.8 Å². The van der Waals surface area contributed by atoms with E-state index in [4.69, 9.17) is 9.47 Å². The molecule has 0 aromatic heterocycles. The molecule has 64 heavy (non-hydrogen) atoms. The van der Waals surface area contributed by atoms with Gasteiger partial charge in [-0.2, -0.15) is 0 Å². The third-order valence-corrected chi connectivity index (χ3v) is 12.4. The molecule has 1 heterocycles. The number of allylic oxidation sites excluding steroid dienone is 10. The molecule has 1 rings (SSSR count). The van der Waals surface area contributed by atoms with Crippen LogP contribution in [0.15, 0.2) is 60.8 Å². The van der Waals surface area contributed by atoms with E-state index in [-0.39, 0.29) is 12.5 Å². The topological polar surface area (TPSA) is 149 Å². The zero-order valence-electron chi connectivity index (χ0n) is 41.0. The third-order valence-electron chi connectivity index (χ3n) is 12.4. The molecule has 0 aromatic carbocycles. The van der Waals surface area contributed by atoms with Crippen LogP contribution >= 0.6 is 0 Å². The van der Waals surface area contributed by atoms with Crippen LogP contribution in [0.5, 0.6) is 0 Å². The summed E-state index contributed by atoms with van der Waals surface area (Å²) in [6.45, 7) is 3.60. The summed E-state index contributed by atoms with van der Waals surface area (Å²) in [5.41, 5.74) is 0. The molecule has 0 aromatic rings. The summed E-state index contributed by atoms with van der Waals surface area (Å²) in [5.74, 6) is -0.152. The van der Waals surface area contributed by atoms with E-state index < -0.39 is 49.5 Å². The second-order valence-electron chi connectivity index (χ2n) is 18.3. The van der Waals surface area contributed by atoms with Gasteiger partial charge in [0.05, 0.1) is 25.4 Å². The van der Waals surface area contributed by atoms with Crippen molar-refractivity contribution >= 4 is 5.91 Å². The molecule has 1 amide bonds. The lowest BCUT2D eigenvalue weighted by molar-refractivity contribution is -0.302. The minimum Gasteiger partial charge on any atom is -0.394 e. The van der Waals surface area contributed by atoms with Crippen molar-refractivity contribution < 1.29 is 39.8 Å². The van der Waals surface area contributed by atoms with Gasteiger partial charge in [-0.25, -0.2) is 0 Å². The highest BCUT2D eigenvalue weighted by molar-refractivity contribution is 5.76. The highest BCUT2D eigenvalue weighted by Crippen LogP contribution is 2.23. The van der Waals surface area contributed by atoms with E-state index in [0.717, 1.165) is 77.0 Å². The van der Waals surface area contributed by atoms with E-state index in [9.17, 15) is 30.3 Å². The number of rotatable bonds is 44. The Balaban J connectivity index is 1.95. The summed E-state index contributed by atoms with van der Waals surface area (Å²) in [7, 11) is 0. The van der Waals surface area contributed by atoms with Crippen LogP contribution in [0.2, 0.25) is 0 Å². The Labute approximate surface area is 392 Å². The first-order valence-corrected chi connectivity index (χ1v) is 26.5. The predicted molar refractivity (Wildman–Crippen MR) is 267 cm³/mol. The van der Waals surface area contributed by atoms with Crippen molar-refractivity contribution in [1.82, 2.24) is 5.32 Å². The summed E-state index contributed by atoms with van der Waals surface area (Å²) in [4.78, 5) is 12.9. The number of hydrogen-bond donors (Lipinski definition) is 6. The molecule has 6 N–H and O–H groups in total. The zero-order valence-corrected chi connectivity index (χ0v) is 41.0. The van der Waals surface area contributed by atoms with E-state index in [1.165, 1.54) is 122 Å². The quantitative estimate of drug-likeness (QED) is 0.0262. The first-order chi connectivity index (χ1) is 31.3. The summed E-state index contributed by atoms with van der Waals surface area (Å²) in [6, 6.07) is -0.714. The van der Waals surface area contributed by atoms with Gasteiger partial charge < -0.3 is 40.3 Å². The SMILES string of the molecule is CC/C=C\C/C=C\C/C=C\C/C=C\C/C=C\CCCCCCCCCCCCCCCCCCCCCCCC(=O)NC(COC1OC(CO)C(O)C(O)C1O)C(O)CCCCCC. The fourth-order valence-electron chi connectivity index (χ4n) is 8.19. The summed E-state index contributed by atoms with van der Waals surface area (Å²) < 4.78 is 11.1. The molecule has 9 nitrogen and oxygen atoms in total. The summed E-state index contributed by atoms with van der Waals surface area (Å²) in [5, 5.41) is 53.8. The first-order valence-electron chi connectivity index (χ1n) is 26.5. The smallest absolute Gasteiger partial charge is 0.220 e. The monoisotopic (exact) mass is 902 g/mol. The molecular weight excluding hydrogens is 803 g/mol. The van der Waals surface area contributed by atoms with Crippen molar-refractivity contribution in [2.45, 2.75) is 269 Å². The predicted octanol–water partition coefficient (Wildman–Crippen LogP) is 12.3. The molecule has 1 fully saturated rings. The summed E-state index contributed by atoms with van der Waals surface area (Å²) >= 11 is 0. The molecule has 9 heteroatoms. The van der Waals surface area contributed by atoms with Gasteiger partial charge in [-0.15, -0.1) is 0 Å². The van der Waals surface area contributed by atoms with Crippen LogP contribution in [0.1, 0.15) is 226 Å². The molecule has 372 valence electrons. The molecule has 1 saturated heterocycles. The molecule has 0 radical (unpaired) electrons. The molecule has 1 aliphatic rings. The largest absolute Gasteiger partial charge is 0.394 e. The number of ether oxygens (including phenoxy) is 2. The van der Waals surface area contributed by atoms with Gasteiger partial charge in [0, 0.05) is 6.42 Å². The Kier molecular flexibility index (Phi) is 41.9. The molecule has 1 aliphatic heterocycles. The maximum absolute atomic E-state index is 12.9. The normalized spacial score (nSPS) is 20.5. The maximum Gasteiger partial charge on any atom is 0.220 e. The second-order valence-corrected chi connectivity index (χ2v) is 18.3. The second kappa shape index (κ2) is 44.7. The van der Waals surface area contributed by atoms with E-state index >= 15 is 0 Å². The van der Waals surface area contributed by atoms with Crippen molar-refractivity contribution in [3.63, 3.8) is 0 Å². The average Bonchev–Trinajstić information content (AvgIpc) is 3.29. The van der Waals surface area contributed by atoms with Crippen molar-refractivity contribution in [3.05, 3.63) is 60.8 Å². The molecule has 0 aliphatic carbocycles. The molecule has 0 spiro atoms. The number of carbonyl (C=O) groups is 1. The lowest BCUT2D eigenvalue weighted by Crippen LogP contribution is -2.60. The number of carbonyl (C=O) groups excluding carboxylic acids is 1. The Morgan fingerprint density at radius 2 is 0.969 bits per heavy atom. The Bertz CT molecular complexity index is 1180. The number of aliphatic hydroxyl groups is 5. The van der Waals surface area contributed by atoms with Gasteiger partial charge in [-0.05, 0) is 57.8 Å². The van der Waals surface area contributed by atoms with Crippen molar-refractivity contribution in [3.8, 4) is 0 Å². The third kappa shape index (κ3) is 34.2. The van der Waals surface area contributed by atoms with Crippen molar-refractivity contribution in [2.24, 2.45) is 0 Å². The van der Waals surface area contributed by atoms with Gasteiger partial charge in [0.25, 0.3) is 0 Å². The first kappa shape index (κ1) is 59.9. The number of nitrogens with one attached hydrogen (secondary N) is 1. The molecular formula is C55H99NO8. The van der Waals surface area contributed by atoms with Crippen LogP contribution < -0.4 is 5.32 Å². The van der Waals surface area contributed by atoms with E-state index in [1.54, 1.807) is 0 Å². The van der Waals surface area contributed by atoms with Crippen LogP contribution in [-0.2, 0) is 14.3 Å². The highest BCUT2D eigenvalue weighted by Gasteiger charge is 2.44. The number of unbranched alkanes of at least 4 members (excludes halogenated alkanes) is 24. The lowest BCUT2D eigenvalue weighted by atomic mass is 9.99. The standard InChI is InChI=1S/C55H99NO8/c1-3-5-7-9-10-11-12-13-14-15-16-17-18-19-20-21-22-23-24-25-26-27-28-29-30-31-32-33-34-35-36-37-38-39-40-41-43-45-51(59)56-48(49(58)44-42-8-6-4-2)47-63-55-54(62)53(61)52(60)50(46-57)64-55/h5,7,10-11,13-14,16-17,19-20,48-50,52-55,57-58,60-62H,3-4,6,8-9,12,15,18,21-47H2,1-2H3,(H,56,59)/b7-5-,11-10-,14-13-,17-16-,20-19-. The van der Waals surface area contributed by atoms with E-state index in [2.05, 4.69) is 79.9 Å². The zero-order chi connectivity index (χ0) is 46.6. The Hall–Kier alpha value is -2.11. The van der Waals surface area contributed by atoms with E-state index in [1.807, 2.05) is 0 Å². The van der Waals surface area contributed by atoms with Crippen LogP contribution in [0.4, 0.5) is 0 Å². The van der Waals surface area contributed by atoms with Crippen molar-refractivity contribution in [2.75, 3.05) is 13.2 Å². The van der Waals surface area contributed by atoms with Crippen LogP contribution in [-0.4, -0.2) is 87.5 Å². The van der Waals surface area contributed by atoms with Gasteiger partial charge >= 0.3 is 0 Å². The molecule has 0 bridgehead atoms. The fourth-order valence-corrected chi connectivity index (χ4v) is 8.19.